The van der Waals surface area contributed by atoms with Crippen LogP contribution in [0.1, 0.15) is 33.6 Å². The van der Waals surface area contributed by atoms with Gasteiger partial charge in [-0.3, -0.25) is 4.79 Å². The molecule has 0 aliphatic carbocycles. The molecule has 1 aliphatic heterocycles. The number of hydrogen-bond acceptors (Lipinski definition) is 4. The standard InChI is InChI=1S/C11H19NO4/c1-11(2,3)16-10(14)9(13)12-7-8-5-4-6-15-8/h8H,4-7H2,1-3H3,(H,12,13). The van der Waals surface area contributed by atoms with Crippen molar-refractivity contribution in [3.63, 3.8) is 0 Å². The van der Waals surface area contributed by atoms with Gasteiger partial charge in [0.2, 0.25) is 0 Å². The molecule has 92 valence electrons. The molecule has 16 heavy (non-hydrogen) atoms. The van der Waals surface area contributed by atoms with Crippen LogP contribution in [0.25, 0.3) is 0 Å². The van der Waals surface area contributed by atoms with Crippen molar-refractivity contribution in [1.29, 1.82) is 0 Å². The molecule has 0 saturated carbocycles. The first-order chi connectivity index (χ1) is 7.38. The van der Waals surface area contributed by atoms with E-state index in [0.717, 1.165) is 19.4 Å². The number of esters is 1. The third-order valence-electron chi connectivity index (χ3n) is 2.10. The highest BCUT2D eigenvalue weighted by molar-refractivity contribution is 6.32. The van der Waals surface area contributed by atoms with Crippen LogP contribution in [0.5, 0.6) is 0 Å². The highest BCUT2D eigenvalue weighted by atomic mass is 16.6. The van der Waals surface area contributed by atoms with Crippen molar-refractivity contribution in [3.05, 3.63) is 0 Å². The van der Waals surface area contributed by atoms with E-state index in [1.807, 2.05) is 0 Å². The molecule has 1 rings (SSSR count). The van der Waals surface area contributed by atoms with Gasteiger partial charge in [-0.1, -0.05) is 0 Å². The molecule has 1 unspecified atom stereocenters. The Balaban J connectivity index is 2.26. The van der Waals surface area contributed by atoms with Gasteiger partial charge >= 0.3 is 11.9 Å². The van der Waals surface area contributed by atoms with E-state index in [-0.39, 0.29) is 6.10 Å². The van der Waals surface area contributed by atoms with Crippen molar-refractivity contribution in [1.82, 2.24) is 5.32 Å². The molecule has 1 atom stereocenters. The molecule has 0 radical (unpaired) electrons. The lowest BCUT2D eigenvalue weighted by molar-refractivity contribution is -0.163. The Bertz CT molecular complexity index is 264. The van der Waals surface area contributed by atoms with Crippen LogP contribution in [-0.4, -0.2) is 36.7 Å². The first-order valence-electron chi connectivity index (χ1n) is 5.51. The molecule has 0 aromatic carbocycles. The fraction of sp³-hybridized carbons (Fsp3) is 0.818. The molecule has 1 amide bonds. The van der Waals surface area contributed by atoms with Gasteiger partial charge in [0.15, 0.2) is 0 Å². The zero-order chi connectivity index (χ0) is 12.2. The topological polar surface area (TPSA) is 64.6 Å². The van der Waals surface area contributed by atoms with Crippen LogP contribution in [0, 0.1) is 0 Å². The number of hydrogen-bond donors (Lipinski definition) is 1. The van der Waals surface area contributed by atoms with Crippen LogP contribution in [0.2, 0.25) is 0 Å². The number of carbonyl (C=O) groups is 2. The van der Waals surface area contributed by atoms with Gasteiger partial charge in [0, 0.05) is 13.2 Å². The summed E-state index contributed by atoms with van der Waals surface area (Å²) < 4.78 is 10.2. The van der Waals surface area contributed by atoms with Gasteiger partial charge in [-0.05, 0) is 33.6 Å². The Kier molecular flexibility index (Phi) is 4.29. The van der Waals surface area contributed by atoms with Gasteiger partial charge in [-0.2, -0.15) is 0 Å². The molecule has 5 nitrogen and oxygen atoms in total. The van der Waals surface area contributed by atoms with Crippen molar-refractivity contribution in [3.8, 4) is 0 Å². The van der Waals surface area contributed by atoms with Crippen LogP contribution >= 0.6 is 0 Å². The Morgan fingerprint density at radius 1 is 1.44 bits per heavy atom. The van der Waals surface area contributed by atoms with Crippen molar-refractivity contribution >= 4 is 11.9 Å². The van der Waals surface area contributed by atoms with E-state index in [1.54, 1.807) is 20.8 Å². The van der Waals surface area contributed by atoms with E-state index >= 15 is 0 Å². The Morgan fingerprint density at radius 3 is 2.62 bits per heavy atom. The molecule has 1 aliphatic rings. The predicted octanol–water partition coefficient (Wildman–Crippen LogP) is 0.623. The van der Waals surface area contributed by atoms with Crippen molar-refractivity contribution in [2.75, 3.05) is 13.2 Å². The largest absolute Gasteiger partial charge is 0.453 e. The van der Waals surface area contributed by atoms with Crippen LogP contribution in [0.4, 0.5) is 0 Å². The summed E-state index contributed by atoms with van der Waals surface area (Å²) in [4.78, 5) is 22.6. The molecule has 1 heterocycles. The summed E-state index contributed by atoms with van der Waals surface area (Å²) in [7, 11) is 0. The Hall–Kier alpha value is -1.10. The minimum atomic E-state index is -0.842. The van der Waals surface area contributed by atoms with E-state index < -0.39 is 17.5 Å². The number of nitrogens with one attached hydrogen (secondary N) is 1. The fourth-order valence-corrected chi connectivity index (χ4v) is 1.41. The van der Waals surface area contributed by atoms with E-state index in [0.29, 0.717) is 6.54 Å². The van der Waals surface area contributed by atoms with Crippen molar-refractivity contribution in [2.45, 2.75) is 45.3 Å². The van der Waals surface area contributed by atoms with Gasteiger partial charge in [0.25, 0.3) is 0 Å². The molecule has 0 aromatic heterocycles. The highest BCUT2D eigenvalue weighted by Crippen LogP contribution is 2.10. The van der Waals surface area contributed by atoms with Gasteiger partial charge in [-0.25, -0.2) is 4.79 Å². The average molecular weight is 229 g/mol. The number of amides is 1. The molecule has 0 bridgehead atoms. The Labute approximate surface area is 95.5 Å². The lowest BCUT2D eigenvalue weighted by Crippen LogP contribution is -2.40. The van der Waals surface area contributed by atoms with Crippen LogP contribution in [-0.2, 0) is 19.1 Å². The molecular formula is C11H19NO4. The van der Waals surface area contributed by atoms with Crippen molar-refractivity contribution < 1.29 is 19.1 Å². The Morgan fingerprint density at radius 2 is 2.12 bits per heavy atom. The molecular weight excluding hydrogens is 210 g/mol. The molecule has 1 N–H and O–H groups in total. The highest BCUT2D eigenvalue weighted by Gasteiger charge is 2.24. The summed E-state index contributed by atoms with van der Waals surface area (Å²) in [5.41, 5.74) is -0.641. The predicted molar refractivity (Wildman–Crippen MR) is 57.8 cm³/mol. The smallest absolute Gasteiger partial charge is 0.397 e. The lowest BCUT2D eigenvalue weighted by atomic mass is 10.2. The third kappa shape index (κ3) is 4.61. The summed E-state index contributed by atoms with van der Waals surface area (Å²) in [6.45, 7) is 6.26. The molecule has 0 aromatic rings. The number of rotatable bonds is 2. The van der Waals surface area contributed by atoms with E-state index in [1.165, 1.54) is 0 Å². The zero-order valence-corrected chi connectivity index (χ0v) is 10.0. The van der Waals surface area contributed by atoms with Crippen molar-refractivity contribution in [2.24, 2.45) is 0 Å². The first-order valence-corrected chi connectivity index (χ1v) is 5.51. The SMILES string of the molecule is CC(C)(C)OC(=O)C(=O)NCC1CCCO1. The summed E-state index contributed by atoms with van der Waals surface area (Å²) in [6, 6.07) is 0. The second-order valence-electron chi connectivity index (χ2n) is 4.85. The monoisotopic (exact) mass is 229 g/mol. The summed E-state index contributed by atoms with van der Waals surface area (Å²) in [6.07, 6.45) is 1.97. The molecule has 0 spiro atoms. The molecule has 1 saturated heterocycles. The third-order valence-corrected chi connectivity index (χ3v) is 2.10. The van der Waals surface area contributed by atoms with E-state index in [4.69, 9.17) is 9.47 Å². The van der Waals surface area contributed by atoms with Crippen LogP contribution in [0.15, 0.2) is 0 Å². The normalized spacial score (nSPS) is 20.6. The quantitative estimate of drug-likeness (QED) is 0.557. The molecule has 5 heteroatoms. The number of ether oxygens (including phenoxy) is 2. The van der Waals surface area contributed by atoms with Gasteiger partial charge in [0.1, 0.15) is 5.60 Å². The maximum atomic E-state index is 11.3. The van der Waals surface area contributed by atoms with E-state index in [9.17, 15) is 9.59 Å². The fourth-order valence-electron chi connectivity index (χ4n) is 1.41. The lowest BCUT2D eigenvalue weighted by Gasteiger charge is -2.19. The van der Waals surface area contributed by atoms with E-state index in [2.05, 4.69) is 5.32 Å². The second-order valence-corrected chi connectivity index (χ2v) is 4.85. The van der Waals surface area contributed by atoms with Crippen LogP contribution < -0.4 is 5.32 Å². The van der Waals surface area contributed by atoms with Gasteiger partial charge in [0.05, 0.1) is 6.10 Å². The summed E-state index contributed by atoms with van der Waals surface area (Å²) in [5, 5.41) is 2.51. The first kappa shape index (κ1) is 13.0. The molecule has 1 fully saturated rings. The van der Waals surface area contributed by atoms with Gasteiger partial charge < -0.3 is 14.8 Å². The average Bonchev–Trinajstić information content (AvgIpc) is 2.63. The number of carbonyl (C=O) groups excluding carboxylic acids is 2. The van der Waals surface area contributed by atoms with Crippen LogP contribution in [0.3, 0.4) is 0 Å². The summed E-state index contributed by atoms with van der Waals surface area (Å²) in [5.74, 6) is -1.55. The maximum Gasteiger partial charge on any atom is 0.397 e. The van der Waals surface area contributed by atoms with Gasteiger partial charge in [-0.15, -0.1) is 0 Å². The second kappa shape index (κ2) is 5.30. The zero-order valence-electron chi connectivity index (χ0n) is 10.0. The minimum absolute atomic E-state index is 0.0337. The summed E-state index contributed by atoms with van der Waals surface area (Å²) >= 11 is 0. The minimum Gasteiger partial charge on any atom is -0.453 e. The maximum absolute atomic E-state index is 11.3.